The number of carbonyl (C=O) groups excluding carboxylic acids is 1. The van der Waals surface area contributed by atoms with Gasteiger partial charge in [0.15, 0.2) is 5.78 Å². The summed E-state index contributed by atoms with van der Waals surface area (Å²) in [5.41, 5.74) is 0. The van der Waals surface area contributed by atoms with Crippen LogP contribution in [0.1, 0.15) is 40.0 Å². The maximum absolute atomic E-state index is 11.2. The Labute approximate surface area is 84.2 Å². The van der Waals surface area contributed by atoms with Crippen molar-refractivity contribution in [3.05, 3.63) is 0 Å². The third kappa shape index (κ3) is 3.81. The van der Waals surface area contributed by atoms with E-state index >= 15 is 0 Å². The third-order valence-electron chi connectivity index (χ3n) is 1.75. The van der Waals surface area contributed by atoms with Gasteiger partial charge in [0.2, 0.25) is 0 Å². The Bertz CT molecular complexity index is 149. The van der Waals surface area contributed by atoms with E-state index in [1.165, 1.54) is 0 Å². The van der Waals surface area contributed by atoms with Crippen molar-refractivity contribution >= 4 is 29.1 Å². The summed E-state index contributed by atoms with van der Waals surface area (Å²) in [6.07, 6.45) is 2.90. The molecule has 0 rings (SSSR count). The molecule has 0 aromatic heterocycles. The Morgan fingerprint density at radius 1 is 1.50 bits per heavy atom. The van der Waals surface area contributed by atoms with Crippen LogP contribution in [0.15, 0.2) is 0 Å². The van der Waals surface area contributed by atoms with Crippen LogP contribution in [0.2, 0.25) is 0 Å². The lowest BCUT2D eigenvalue weighted by Crippen LogP contribution is -2.26. The highest BCUT2D eigenvalue weighted by molar-refractivity contribution is 8.02. The number of carbonyl (C=O) groups is 1. The molecule has 0 saturated heterocycles. The lowest BCUT2D eigenvalue weighted by Gasteiger charge is -2.22. The highest BCUT2D eigenvalue weighted by Crippen LogP contribution is 2.35. The number of ketones is 1. The van der Waals surface area contributed by atoms with Gasteiger partial charge < -0.3 is 0 Å². The van der Waals surface area contributed by atoms with Gasteiger partial charge in [0, 0.05) is 0 Å². The molecule has 0 saturated carbocycles. The zero-order valence-electron chi connectivity index (χ0n) is 8.02. The Morgan fingerprint density at radius 2 is 2.08 bits per heavy atom. The molecule has 0 amide bonds. The molecule has 0 spiro atoms. The van der Waals surface area contributed by atoms with Gasteiger partial charge in [0.1, 0.15) is 4.21 Å². The molecular weight excluding hydrogens is 192 g/mol. The zero-order chi connectivity index (χ0) is 9.61. The first kappa shape index (κ1) is 12.3. The number of unbranched alkanes of at least 4 members (excludes halogenated alkanes) is 1. The van der Waals surface area contributed by atoms with Crippen molar-refractivity contribution in [2.75, 3.05) is 5.75 Å². The lowest BCUT2D eigenvalue weighted by atomic mass is 10.1. The normalized spacial score (nSPS) is 15.7. The van der Waals surface area contributed by atoms with Gasteiger partial charge in [0.25, 0.3) is 0 Å². The quantitative estimate of drug-likeness (QED) is 0.622. The van der Waals surface area contributed by atoms with Gasteiger partial charge in [-0.3, -0.25) is 4.79 Å². The number of thioether (sulfide) groups is 1. The molecule has 0 aromatic carbocycles. The summed E-state index contributed by atoms with van der Waals surface area (Å²) in [4.78, 5) is 11.2. The number of alkyl halides is 1. The van der Waals surface area contributed by atoms with Crippen LogP contribution >= 0.6 is 23.4 Å². The monoisotopic (exact) mass is 208 g/mol. The second-order valence-electron chi connectivity index (χ2n) is 2.82. The van der Waals surface area contributed by atoms with Crippen LogP contribution in [-0.4, -0.2) is 15.7 Å². The van der Waals surface area contributed by atoms with Gasteiger partial charge in [-0.2, -0.15) is 0 Å². The van der Waals surface area contributed by atoms with E-state index in [-0.39, 0.29) is 5.78 Å². The molecule has 0 heterocycles. The standard InChI is InChI=1S/C9H17ClOS/c1-4-6-7-9(10,8(3)11)12-5-2/h4-7H2,1-3H3. The average Bonchev–Trinajstić information content (AvgIpc) is 2.01. The molecule has 1 unspecified atom stereocenters. The van der Waals surface area contributed by atoms with E-state index < -0.39 is 4.21 Å². The molecule has 0 aromatic rings. The smallest absolute Gasteiger partial charge is 0.160 e. The lowest BCUT2D eigenvalue weighted by molar-refractivity contribution is -0.117. The minimum Gasteiger partial charge on any atom is -0.297 e. The summed E-state index contributed by atoms with van der Waals surface area (Å²) < 4.78 is -0.648. The summed E-state index contributed by atoms with van der Waals surface area (Å²) >= 11 is 7.71. The summed E-state index contributed by atoms with van der Waals surface area (Å²) in [5.74, 6) is 0.983. The van der Waals surface area contributed by atoms with Crippen LogP contribution in [0.5, 0.6) is 0 Å². The molecule has 0 bridgehead atoms. The molecule has 12 heavy (non-hydrogen) atoms. The van der Waals surface area contributed by atoms with E-state index in [0.29, 0.717) is 0 Å². The molecule has 0 fully saturated rings. The molecule has 0 N–H and O–H groups in total. The van der Waals surface area contributed by atoms with Crippen molar-refractivity contribution in [2.24, 2.45) is 0 Å². The summed E-state index contributed by atoms with van der Waals surface area (Å²) in [5, 5.41) is 0. The molecule has 72 valence electrons. The Morgan fingerprint density at radius 3 is 2.42 bits per heavy atom. The van der Waals surface area contributed by atoms with Crippen LogP contribution in [-0.2, 0) is 4.79 Å². The van der Waals surface area contributed by atoms with Crippen molar-refractivity contribution in [2.45, 2.75) is 44.2 Å². The Kier molecular flexibility index (Phi) is 6.02. The zero-order valence-corrected chi connectivity index (χ0v) is 9.60. The summed E-state index contributed by atoms with van der Waals surface area (Å²) in [6, 6.07) is 0. The number of rotatable bonds is 6. The molecule has 1 atom stereocenters. The molecule has 3 heteroatoms. The summed E-state index contributed by atoms with van der Waals surface area (Å²) in [7, 11) is 0. The first-order valence-corrected chi connectivity index (χ1v) is 5.77. The topological polar surface area (TPSA) is 17.1 Å². The van der Waals surface area contributed by atoms with Crippen molar-refractivity contribution in [3.8, 4) is 0 Å². The second-order valence-corrected chi connectivity index (χ2v) is 5.25. The predicted molar refractivity (Wildman–Crippen MR) is 56.9 cm³/mol. The number of hydrogen-bond donors (Lipinski definition) is 0. The minimum atomic E-state index is -0.648. The largest absolute Gasteiger partial charge is 0.297 e. The predicted octanol–water partition coefficient (Wildman–Crippen LogP) is 3.45. The SMILES string of the molecule is CCCCC(Cl)(SCC)C(C)=O. The van der Waals surface area contributed by atoms with Crippen molar-refractivity contribution in [1.82, 2.24) is 0 Å². The van der Waals surface area contributed by atoms with E-state index in [2.05, 4.69) is 6.92 Å². The van der Waals surface area contributed by atoms with Gasteiger partial charge in [-0.25, -0.2) is 0 Å². The van der Waals surface area contributed by atoms with Crippen LogP contribution < -0.4 is 0 Å². The first-order valence-electron chi connectivity index (χ1n) is 4.40. The highest BCUT2D eigenvalue weighted by Gasteiger charge is 2.31. The van der Waals surface area contributed by atoms with Crippen LogP contribution in [0.4, 0.5) is 0 Å². The van der Waals surface area contributed by atoms with Gasteiger partial charge in [-0.05, 0) is 19.1 Å². The fourth-order valence-corrected chi connectivity index (χ4v) is 2.39. The number of halogens is 1. The Balaban J connectivity index is 4.08. The molecular formula is C9H17ClOS. The average molecular weight is 209 g/mol. The minimum absolute atomic E-state index is 0.0875. The van der Waals surface area contributed by atoms with Gasteiger partial charge >= 0.3 is 0 Å². The highest BCUT2D eigenvalue weighted by atomic mass is 35.5. The van der Waals surface area contributed by atoms with E-state index in [9.17, 15) is 4.79 Å². The van der Waals surface area contributed by atoms with E-state index in [1.54, 1.807) is 18.7 Å². The fourth-order valence-electron chi connectivity index (χ4n) is 0.983. The maximum atomic E-state index is 11.2. The molecule has 0 radical (unpaired) electrons. The fraction of sp³-hybridized carbons (Fsp3) is 0.889. The maximum Gasteiger partial charge on any atom is 0.160 e. The van der Waals surface area contributed by atoms with Crippen LogP contribution in [0.3, 0.4) is 0 Å². The van der Waals surface area contributed by atoms with E-state index in [4.69, 9.17) is 11.6 Å². The van der Waals surface area contributed by atoms with E-state index in [0.717, 1.165) is 25.0 Å². The Hall–Kier alpha value is 0.310. The first-order chi connectivity index (χ1) is 5.56. The van der Waals surface area contributed by atoms with Gasteiger partial charge in [0.05, 0.1) is 0 Å². The van der Waals surface area contributed by atoms with Gasteiger partial charge in [-0.15, -0.1) is 11.8 Å². The summed E-state index contributed by atoms with van der Waals surface area (Å²) in [6.45, 7) is 5.70. The molecule has 1 nitrogen and oxygen atoms in total. The molecule has 0 aliphatic carbocycles. The molecule has 0 aliphatic heterocycles. The molecule has 0 aliphatic rings. The van der Waals surface area contributed by atoms with Crippen LogP contribution in [0, 0.1) is 0 Å². The number of Topliss-reactive ketones (excluding diaryl/α,β-unsaturated/α-hetero) is 1. The van der Waals surface area contributed by atoms with Crippen molar-refractivity contribution in [3.63, 3.8) is 0 Å². The van der Waals surface area contributed by atoms with Crippen molar-refractivity contribution in [1.29, 1.82) is 0 Å². The third-order valence-corrected chi connectivity index (χ3v) is 3.77. The second kappa shape index (κ2) is 5.87. The number of hydrogen-bond acceptors (Lipinski definition) is 2. The van der Waals surface area contributed by atoms with Gasteiger partial charge in [-0.1, -0.05) is 38.3 Å². The van der Waals surface area contributed by atoms with Crippen molar-refractivity contribution < 1.29 is 4.79 Å². The van der Waals surface area contributed by atoms with E-state index in [1.807, 2.05) is 6.92 Å². The van der Waals surface area contributed by atoms with Crippen LogP contribution in [0.25, 0.3) is 0 Å².